The Morgan fingerprint density at radius 1 is 1.10 bits per heavy atom. The van der Waals surface area contributed by atoms with Crippen LogP contribution in [-0.2, 0) is 0 Å². The lowest BCUT2D eigenvalue weighted by Crippen LogP contribution is -2.43. The van der Waals surface area contributed by atoms with Crippen LogP contribution in [0.1, 0.15) is 31.9 Å². The molecule has 1 aromatic carbocycles. The lowest BCUT2D eigenvalue weighted by Gasteiger charge is -2.29. The molecule has 0 heterocycles. The summed E-state index contributed by atoms with van der Waals surface area (Å²) in [4.78, 5) is 2.06. The van der Waals surface area contributed by atoms with E-state index < -0.39 is 12.2 Å². The lowest BCUT2D eigenvalue weighted by atomic mass is 10.1. The molecule has 0 amide bonds. The van der Waals surface area contributed by atoms with Crippen LogP contribution >= 0.6 is 0 Å². The molecule has 2 unspecified atom stereocenters. The number of aliphatic hydroxyl groups excluding tert-OH is 2. The van der Waals surface area contributed by atoms with Crippen LogP contribution in [0, 0.1) is 13.8 Å². The van der Waals surface area contributed by atoms with Gasteiger partial charge < -0.3 is 14.9 Å². The van der Waals surface area contributed by atoms with Gasteiger partial charge in [-0.25, -0.2) is 0 Å². The van der Waals surface area contributed by atoms with Gasteiger partial charge in [0.2, 0.25) is 0 Å². The first-order valence-electron chi connectivity index (χ1n) is 7.59. The molecule has 1 rings (SSSR count). The minimum Gasteiger partial charge on any atom is -0.491 e. The molecule has 0 aliphatic heterocycles. The van der Waals surface area contributed by atoms with Gasteiger partial charge in [-0.1, -0.05) is 17.7 Å². The highest BCUT2D eigenvalue weighted by Crippen LogP contribution is 2.19. The average Bonchev–Trinajstić information content (AvgIpc) is 2.36. The fourth-order valence-corrected chi connectivity index (χ4v) is 2.31. The van der Waals surface area contributed by atoms with Crippen LogP contribution in [0.4, 0.5) is 0 Å². The summed E-state index contributed by atoms with van der Waals surface area (Å²) < 4.78 is 5.70. The maximum Gasteiger partial charge on any atom is 0.122 e. The number of benzene rings is 1. The second-order valence-electron chi connectivity index (χ2n) is 6.13. The summed E-state index contributed by atoms with van der Waals surface area (Å²) in [5, 5.41) is 19.6. The summed E-state index contributed by atoms with van der Waals surface area (Å²) in [6.45, 7) is 11.2. The molecular formula is C17H29NO3. The van der Waals surface area contributed by atoms with Gasteiger partial charge in [0.15, 0.2) is 0 Å². The molecule has 4 nitrogen and oxygen atoms in total. The van der Waals surface area contributed by atoms with E-state index in [1.54, 1.807) is 6.92 Å². The number of ether oxygens (including phenoxy) is 1. The maximum absolute atomic E-state index is 10.1. The lowest BCUT2D eigenvalue weighted by molar-refractivity contribution is 0.0364. The molecule has 0 fully saturated rings. The third-order valence-corrected chi connectivity index (χ3v) is 3.44. The second-order valence-corrected chi connectivity index (χ2v) is 6.13. The van der Waals surface area contributed by atoms with Crippen LogP contribution in [0.5, 0.6) is 5.75 Å². The number of rotatable bonds is 8. The Kier molecular flexibility index (Phi) is 7.15. The van der Waals surface area contributed by atoms with Gasteiger partial charge in [0, 0.05) is 19.1 Å². The van der Waals surface area contributed by atoms with Gasteiger partial charge in [-0.3, -0.25) is 4.90 Å². The molecule has 0 radical (unpaired) electrons. The van der Waals surface area contributed by atoms with Crippen molar-refractivity contribution in [2.24, 2.45) is 0 Å². The molecule has 2 atom stereocenters. The van der Waals surface area contributed by atoms with Crippen molar-refractivity contribution < 1.29 is 14.9 Å². The van der Waals surface area contributed by atoms with E-state index in [4.69, 9.17) is 4.74 Å². The van der Waals surface area contributed by atoms with Gasteiger partial charge in [0.05, 0.1) is 6.10 Å². The SMILES string of the molecule is Cc1ccc(OCC(O)CN(CC(C)O)C(C)C)c(C)c1. The highest BCUT2D eigenvalue weighted by atomic mass is 16.5. The molecule has 21 heavy (non-hydrogen) atoms. The smallest absolute Gasteiger partial charge is 0.122 e. The highest BCUT2D eigenvalue weighted by molar-refractivity contribution is 5.35. The summed E-state index contributed by atoms with van der Waals surface area (Å²) in [6, 6.07) is 6.28. The van der Waals surface area contributed by atoms with Crippen molar-refractivity contribution in [2.75, 3.05) is 19.7 Å². The van der Waals surface area contributed by atoms with E-state index in [2.05, 4.69) is 24.8 Å². The number of hydrogen-bond donors (Lipinski definition) is 2. The molecule has 120 valence electrons. The summed E-state index contributed by atoms with van der Waals surface area (Å²) in [5.74, 6) is 0.811. The quantitative estimate of drug-likeness (QED) is 0.771. The van der Waals surface area contributed by atoms with Crippen LogP contribution in [0.2, 0.25) is 0 Å². The van der Waals surface area contributed by atoms with Gasteiger partial charge in [-0.15, -0.1) is 0 Å². The number of aryl methyl sites for hydroxylation is 2. The second kappa shape index (κ2) is 8.37. The van der Waals surface area contributed by atoms with Crippen LogP contribution in [-0.4, -0.2) is 53.1 Å². The van der Waals surface area contributed by atoms with Crippen molar-refractivity contribution in [2.45, 2.75) is 52.9 Å². The third-order valence-electron chi connectivity index (χ3n) is 3.44. The van der Waals surface area contributed by atoms with Crippen LogP contribution in [0.25, 0.3) is 0 Å². The fraction of sp³-hybridized carbons (Fsp3) is 0.647. The first-order chi connectivity index (χ1) is 9.79. The van der Waals surface area contributed by atoms with Crippen molar-refractivity contribution in [1.29, 1.82) is 0 Å². The Morgan fingerprint density at radius 3 is 2.29 bits per heavy atom. The molecule has 0 saturated heterocycles. The van der Waals surface area contributed by atoms with Crippen molar-refractivity contribution in [1.82, 2.24) is 4.90 Å². The van der Waals surface area contributed by atoms with Crippen LogP contribution < -0.4 is 4.74 Å². The minimum absolute atomic E-state index is 0.257. The average molecular weight is 295 g/mol. The zero-order valence-electron chi connectivity index (χ0n) is 13.8. The van der Waals surface area contributed by atoms with Crippen molar-refractivity contribution in [3.63, 3.8) is 0 Å². The maximum atomic E-state index is 10.1. The largest absolute Gasteiger partial charge is 0.491 e. The zero-order valence-corrected chi connectivity index (χ0v) is 13.8. The monoisotopic (exact) mass is 295 g/mol. The van der Waals surface area contributed by atoms with E-state index in [0.29, 0.717) is 13.1 Å². The number of hydrogen-bond acceptors (Lipinski definition) is 4. The molecule has 2 N–H and O–H groups in total. The molecule has 0 spiro atoms. The van der Waals surface area contributed by atoms with Crippen LogP contribution in [0.3, 0.4) is 0 Å². The van der Waals surface area contributed by atoms with E-state index in [1.807, 2.05) is 26.0 Å². The standard InChI is InChI=1S/C17H29NO3/c1-12(2)18(9-15(5)19)10-16(20)11-21-17-7-6-13(3)8-14(17)4/h6-8,12,15-16,19-20H,9-11H2,1-5H3. The Balaban J connectivity index is 2.50. The summed E-state index contributed by atoms with van der Waals surface area (Å²) in [6.07, 6.45) is -0.980. The fourth-order valence-electron chi connectivity index (χ4n) is 2.31. The Morgan fingerprint density at radius 2 is 1.76 bits per heavy atom. The van der Waals surface area contributed by atoms with Crippen molar-refractivity contribution in [3.05, 3.63) is 29.3 Å². The molecule has 0 aliphatic carbocycles. The Hall–Kier alpha value is -1.10. The molecule has 4 heteroatoms. The predicted molar refractivity (Wildman–Crippen MR) is 85.8 cm³/mol. The summed E-state index contributed by atoms with van der Waals surface area (Å²) in [5.41, 5.74) is 2.27. The minimum atomic E-state index is -0.577. The van der Waals surface area contributed by atoms with Crippen LogP contribution in [0.15, 0.2) is 18.2 Å². The molecule has 0 aromatic heterocycles. The molecule has 0 bridgehead atoms. The molecule has 1 aromatic rings. The van der Waals surface area contributed by atoms with Gasteiger partial charge in [0.1, 0.15) is 18.5 Å². The molecule has 0 saturated carbocycles. The summed E-state index contributed by atoms with van der Waals surface area (Å²) in [7, 11) is 0. The predicted octanol–water partition coefficient (Wildman–Crippen LogP) is 2.13. The highest BCUT2D eigenvalue weighted by Gasteiger charge is 2.17. The van der Waals surface area contributed by atoms with Crippen molar-refractivity contribution >= 4 is 0 Å². The zero-order chi connectivity index (χ0) is 16.0. The number of nitrogens with zero attached hydrogens (tertiary/aromatic N) is 1. The Labute approximate surface area is 128 Å². The van der Waals surface area contributed by atoms with Gasteiger partial charge in [-0.05, 0) is 46.2 Å². The van der Waals surface area contributed by atoms with Crippen molar-refractivity contribution in [3.8, 4) is 5.75 Å². The summed E-state index contributed by atoms with van der Waals surface area (Å²) >= 11 is 0. The van der Waals surface area contributed by atoms with E-state index in [1.165, 1.54) is 5.56 Å². The van der Waals surface area contributed by atoms with E-state index >= 15 is 0 Å². The third kappa shape index (κ3) is 6.46. The van der Waals surface area contributed by atoms with E-state index in [9.17, 15) is 10.2 Å². The molecular weight excluding hydrogens is 266 g/mol. The van der Waals surface area contributed by atoms with E-state index in [0.717, 1.165) is 11.3 Å². The van der Waals surface area contributed by atoms with Gasteiger partial charge >= 0.3 is 0 Å². The first kappa shape index (κ1) is 18.0. The van der Waals surface area contributed by atoms with Gasteiger partial charge in [-0.2, -0.15) is 0 Å². The molecule has 0 aliphatic rings. The van der Waals surface area contributed by atoms with Gasteiger partial charge in [0.25, 0.3) is 0 Å². The normalized spacial score (nSPS) is 14.5. The Bertz CT molecular complexity index is 432. The van der Waals surface area contributed by atoms with E-state index in [-0.39, 0.29) is 12.6 Å². The topological polar surface area (TPSA) is 52.9 Å². The first-order valence-corrected chi connectivity index (χ1v) is 7.59. The number of aliphatic hydroxyl groups is 2.